The first kappa shape index (κ1) is 15.5. The monoisotopic (exact) mass is 353 g/mol. The van der Waals surface area contributed by atoms with Crippen LogP contribution < -0.4 is 5.73 Å². The molecule has 4 heteroatoms. The van der Waals surface area contributed by atoms with E-state index in [2.05, 4.69) is 35.0 Å². The lowest BCUT2D eigenvalue weighted by atomic mass is 10.1. The fraction of sp³-hybridized carbons (Fsp3) is 0.250. The molecule has 1 nitrogen and oxygen atoms in total. The van der Waals surface area contributed by atoms with Crippen LogP contribution >= 0.6 is 27.7 Å². The van der Waals surface area contributed by atoms with Crippen molar-refractivity contribution in [2.45, 2.75) is 35.6 Å². The number of benzene rings is 2. The van der Waals surface area contributed by atoms with Crippen molar-refractivity contribution in [2.24, 2.45) is 5.73 Å². The molecular weight excluding hydrogens is 337 g/mol. The molecule has 2 N–H and O–H groups in total. The van der Waals surface area contributed by atoms with Gasteiger partial charge in [0.05, 0.1) is 0 Å². The molecule has 0 aliphatic carbocycles. The maximum absolute atomic E-state index is 13.3. The largest absolute Gasteiger partial charge is 0.327 e. The van der Waals surface area contributed by atoms with Crippen LogP contribution in [0.3, 0.4) is 0 Å². The molecule has 0 aliphatic heterocycles. The van der Waals surface area contributed by atoms with E-state index in [9.17, 15) is 4.39 Å². The fourth-order valence-electron chi connectivity index (χ4n) is 1.89. The Morgan fingerprint density at radius 3 is 2.75 bits per heavy atom. The molecule has 0 aliphatic rings. The second-order valence-electron chi connectivity index (χ2n) is 4.68. The molecule has 2 aromatic carbocycles. The molecule has 2 aromatic rings. The van der Waals surface area contributed by atoms with Crippen LogP contribution in [0.1, 0.15) is 18.9 Å². The molecule has 0 saturated heterocycles. The zero-order valence-corrected chi connectivity index (χ0v) is 13.7. The molecule has 0 aromatic heterocycles. The lowest BCUT2D eigenvalue weighted by Crippen LogP contribution is -2.21. The third-order valence-electron chi connectivity index (χ3n) is 3.05. The van der Waals surface area contributed by atoms with Gasteiger partial charge in [-0.15, -0.1) is 0 Å². The molecule has 20 heavy (non-hydrogen) atoms. The molecular formula is C16H17BrFNS. The van der Waals surface area contributed by atoms with E-state index in [-0.39, 0.29) is 11.9 Å². The Morgan fingerprint density at radius 1 is 1.25 bits per heavy atom. The number of nitrogens with two attached hydrogens (primary N) is 1. The van der Waals surface area contributed by atoms with Gasteiger partial charge >= 0.3 is 0 Å². The summed E-state index contributed by atoms with van der Waals surface area (Å²) in [4.78, 5) is 2.03. The summed E-state index contributed by atoms with van der Waals surface area (Å²) in [5, 5.41) is 0. The van der Waals surface area contributed by atoms with E-state index in [1.807, 2.05) is 12.1 Å². The summed E-state index contributed by atoms with van der Waals surface area (Å²) in [5.41, 5.74) is 7.25. The molecule has 1 unspecified atom stereocenters. The lowest BCUT2D eigenvalue weighted by molar-refractivity contribution is 0.624. The number of hydrogen-bond donors (Lipinski definition) is 1. The summed E-state index contributed by atoms with van der Waals surface area (Å²) >= 11 is 5.07. The second-order valence-corrected chi connectivity index (χ2v) is 6.71. The highest BCUT2D eigenvalue weighted by atomic mass is 79.9. The average molecular weight is 354 g/mol. The van der Waals surface area contributed by atoms with Gasteiger partial charge in [0.15, 0.2) is 0 Å². The van der Waals surface area contributed by atoms with Gasteiger partial charge in [0, 0.05) is 20.3 Å². The molecule has 0 bridgehead atoms. The molecule has 0 amide bonds. The Hall–Kier alpha value is -0.840. The first-order valence-electron chi connectivity index (χ1n) is 6.56. The van der Waals surface area contributed by atoms with E-state index in [1.165, 1.54) is 11.6 Å². The van der Waals surface area contributed by atoms with Crippen molar-refractivity contribution in [1.29, 1.82) is 0 Å². The minimum atomic E-state index is -0.209. The highest BCUT2D eigenvalue weighted by Gasteiger charge is 2.09. The van der Waals surface area contributed by atoms with Crippen LogP contribution in [0.15, 0.2) is 56.7 Å². The molecule has 0 saturated carbocycles. The molecule has 0 spiro atoms. The second kappa shape index (κ2) is 7.25. The standard InChI is InChI=1S/C16H17BrFNS/c1-2-14(19)9-11-8-12(17)6-7-16(11)20-15-5-3-4-13(18)10-15/h3-8,10,14H,2,9,19H2,1H3. The number of rotatable bonds is 5. The average Bonchev–Trinajstić information content (AvgIpc) is 2.42. The quantitative estimate of drug-likeness (QED) is 0.816. The zero-order valence-electron chi connectivity index (χ0n) is 11.3. The van der Waals surface area contributed by atoms with E-state index in [1.54, 1.807) is 23.9 Å². The van der Waals surface area contributed by atoms with Crippen LogP contribution in [-0.2, 0) is 6.42 Å². The Balaban J connectivity index is 2.26. The SMILES string of the molecule is CCC(N)Cc1cc(Br)ccc1Sc1cccc(F)c1. The van der Waals surface area contributed by atoms with E-state index in [0.717, 1.165) is 27.1 Å². The normalized spacial score (nSPS) is 12.4. The molecule has 106 valence electrons. The minimum Gasteiger partial charge on any atom is -0.327 e. The predicted octanol–water partition coefficient (Wildman–Crippen LogP) is 5.02. The van der Waals surface area contributed by atoms with Crippen molar-refractivity contribution in [3.63, 3.8) is 0 Å². The van der Waals surface area contributed by atoms with Crippen LogP contribution in [0.4, 0.5) is 4.39 Å². The van der Waals surface area contributed by atoms with Gasteiger partial charge in [-0.2, -0.15) is 0 Å². The van der Waals surface area contributed by atoms with Crippen LogP contribution in [0.25, 0.3) is 0 Å². The number of halogens is 2. The van der Waals surface area contributed by atoms with E-state index in [4.69, 9.17) is 5.73 Å². The van der Waals surface area contributed by atoms with Crippen LogP contribution in [0, 0.1) is 5.82 Å². The fourth-order valence-corrected chi connectivity index (χ4v) is 3.28. The minimum absolute atomic E-state index is 0.149. The highest BCUT2D eigenvalue weighted by Crippen LogP contribution is 2.33. The van der Waals surface area contributed by atoms with Gasteiger partial charge in [-0.1, -0.05) is 40.7 Å². The summed E-state index contributed by atoms with van der Waals surface area (Å²) in [6.07, 6.45) is 1.77. The Morgan fingerprint density at radius 2 is 2.05 bits per heavy atom. The van der Waals surface area contributed by atoms with Gasteiger partial charge < -0.3 is 5.73 Å². The Kier molecular flexibility index (Phi) is 5.64. The summed E-state index contributed by atoms with van der Waals surface area (Å²) in [7, 11) is 0. The summed E-state index contributed by atoms with van der Waals surface area (Å²) in [6, 6.07) is 13.0. The summed E-state index contributed by atoms with van der Waals surface area (Å²) in [5.74, 6) is -0.209. The van der Waals surface area contributed by atoms with E-state index >= 15 is 0 Å². The van der Waals surface area contributed by atoms with Crippen molar-refractivity contribution in [3.05, 3.63) is 58.3 Å². The first-order chi connectivity index (χ1) is 9.58. The van der Waals surface area contributed by atoms with E-state index in [0.29, 0.717) is 0 Å². The van der Waals surface area contributed by atoms with Gasteiger partial charge in [-0.05, 0) is 54.8 Å². The van der Waals surface area contributed by atoms with E-state index < -0.39 is 0 Å². The third-order valence-corrected chi connectivity index (χ3v) is 4.65. The number of hydrogen-bond acceptors (Lipinski definition) is 2. The van der Waals surface area contributed by atoms with Crippen LogP contribution in [0.2, 0.25) is 0 Å². The third kappa shape index (κ3) is 4.33. The van der Waals surface area contributed by atoms with Crippen molar-refractivity contribution < 1.29 is 4.39 Å². The van der Waals surface area contributed by atoms with Crippen molar-refractivity contribution >= 4 is 27.7 Å². The molecule has 1 atom stereocenters. The maximum Gasteiger partial charge on any atom is 0.124 e. The van der Waals surface area contributed by atoms with Gasteiger partial charge in [0.25, 0.3) is 0 Å². The molecule has 2 rings (SSSR count). The molecule has 0 heterocycles. The molecule has 0 fully saturated rings. The topological polar surface area (TPSA) is 26.0 Å². The zero-order chi connectivity index (χ0) is 14.5. The first-order valence-corrected chi connectivity index (χ1v) is 8.17. The van der Waals surface area contributed by atoms with Gasteiger partial charge in [-0.3, -0.25) is 0 Å². The van der Waals surface area contributed by atoms with Crippen LogP contribution in [0.5, 0.6) is 0 Å². The Bertz CT molecular complexity index is 588. The smallest absolute Gasteiger partial charge is 0.124 e. The Labute approximate surface area is 131 Å². The maximum atomic E-state index is 13.3. The predicted molar refractivity (Wildman–Crippen MR) is 86.6 cm³/mol. The van der Waals surface area contributed by atoms with Crippen LogP contribution in [-0.4, -0.2) is 6.04 Å². The van der Waals surface area contributed by atoms with Gasteiger partial charge in [0.2, 0.25) is 0 Å². The summed E-state index contributed by atoms with van der Waals surface area (Å²) in [6.45, 7) is 2.09. The van der Waals surface area contributed by atoms with Crippen molar-refractivity contribution in [2.75, 3.05) is 0 Å². The summed E-state index contributed by atoms with van der Waals surface area (Å²) < 4.78 is 14.3. The van der Waals surface area contributed by atoms with Gasteiger partial charge in [0.1, 0.15) is 5.82 Å². The van der Waals surface area contributed by atoms with Crippen molar-refractivity contribution in [1.82, 2.24) is 0 Å². The lowest BCUT2D eigenvalue weighted by Gasteiger charge is -2.13. The van der Waals surface area contributed by atoms with Gasteiger partial charge in [-0.25, -0.2) is 4.39 Å². The van der Waals surface area contributed by atoms with Crippen molar-refractivity contribution in [3.8, 4) is 0 Å². The highest BCUT2D eigenvalue weighted by molar-refractivity contribution is 9.10. The molecule has 0 radical (unpaired) electrons.